The van der Waals surface area contributed by atoms with Gasteiger partial charge in [0.25, 0.3) is 0 Å². The molecular formula is C10H15NS. The lowest BCUT2D eigenvalue weighted by Gasteiger charge is -2.04. The number of allylic oxidation sites excluding steroid dienone is 3. The summed E-state index contributed by atoms with van der Waals surface area (Å²) in [5.41, 5.74) is 2.61. The van der Waals surface area contributed by atoms with E-state index in [0.717, 1.165) is 5.71 Å². The van der Waals surface area contributed by atoms with E-state index in [1.807, 2.05) is 7.05 Å². The third-order valence-electron chi connectivity index (χ3n) is 1.90. The van der Waals surface area contributed by atoms with Gasteiger partial charge in [-0.2, -0.15) is 0 Å². The number of nitrogens with zero attached hydrogens (tertiary/aromatic N) is 1. The lowest BCUT2D eigenvalue weighted by molar-refractivity contribution is 0.905. The molecule has 66 valence electrons. The van der Waals surface area contributed by atoms with E-state index >= 15 is 0 Å². The van der Waals surface area contributed by atoms with Gasteiger partial charge in [0.05, 0.1) is 5.71 Å². The molecule has 0 saturated carbocycles. The quantitative estimate of drug-likeness (QED) is 0.636. The van der Waals surface area contributed by atoms with Gasteiger partial charge in [-0.15, -0.1) is 0 Å². The van der Waals surface area contributed by atoms with Gasteiger partial charge in [0, 0.05) is 12.0 Å². The highest BCUT2D eigenvalue weighted by Crippen LogP contribution is 2.30. The number of aliphatic imine (C=N–C) groups is 1. The van der Waals surface area contributed by atoms with Gasteiger partial charge in [-0.3, -0.25) is 4.99 Å². The molecule has 0 bridgehead atoms. The lowest BCUT2D eigenvalue weighted by atomic mass is 10.1. The molecule has 1 aliphatic heterocycles. The molecule has 1 rings (SSSR count). The van der Waals surface area contributed by atoms with E-state index in [4.69, 9.17) is 0 Å². The summed E-state index contributed by atoms with van der Waals surface area (Å²) >= 11 is 1.79. The molecule has 0 aliphatic carbocycles. The van der Waals surface area contributed by atoms with Crippen molar-refractivity contribution in [3.63, 3.8) is 0 Å². The summed E-state index contributed by atoms with van der Waals surface area (Å²) in [5.74, 6) is 0. The molecular weight excluding hydrogens is 166 g/mol. The summed E-state index contributed by atoms with van der Waals surface area (Å²) in [6, 6.07) is 0. The van der Waals surface area contributed by atoms with Crippen molar-refractivity contribution in [1.29, 1.82) is 0 Å². The fourth-order valence-corrected chi connectivity index (χ4v) is 2.20. The zero-order valence-electron chi connectivity index (χ0n) is 7.92. The van der Waals surface area contributed by atoms with Crippen LogP contribution in [0.15, 0.2) is 27.0 Å². The van der Waals surface area contributed by atoms with Crippen molar-refractivity contribution in [3.05, 3.63) is 22.0 Å². The topological polar surface area (TPSA) is 12.4 Å². The maximum atomic E-state index is 4.22. The van der Waals surface area contributed by atoms with E-state index in [2.05, 4.69) is 30.3 Å². The van der Waals surface area contributed by atoms with Crippen molar-refractivity contribution in [1.82, 2.24) is 0 Å². The Morgan fingerprint density at radius 3 is 2.92 bits per heavy atom. The van der Waals surface area contributed by atoms with Crippen LogP contribution in [0.4, 0.5) is 0 Å². The average molecular weight is 181 g/mol. The van der Waals surface area contributed by atoms with Crippen LogP contribution in [0.25, 0.3) is 0 Å². The smallest absolute Gasteiger partial charge is 0.0714 e. The zero-order chi connectivity index (χ0) is 8.97. The molecule has 0 saturated heterocycles. The summed E-state index contributed by atoms with van der Waals surface area (Å²) in [7, 11) is 1.85. The summed E-state index contributed by atoms with van der Waals surface area (Å²) in [6.07, 6.45) is 4.48. The first-order valence-corrected chi connectivity index (χ1v) is 5.17. The monoisotopic (exact) mass is 181 g/mol. The second-order valence-corrected chi connectivity index (χ2v) is 3.81. The Hall–Kier alpha value is -0.500. The van der Waals surface area contributed by atoms with Crippen LogP contribution in [-0.4, -0.2) is 12.8 Å². The van der Waals surface area contributed by atoms with Crippen LogP contribution in [0.5, 0.6) is 0 Å². The third-order valence-corrected chi connectivity index (χ3v) is 2.96. The van der Waals surface area contributed by atoms with Crippen molar-refractivity contribution in [3.8, 4) is 0 Å². The second-order valence-electron chi connectivity index (χ2n) is 2.89. The van der Waals surface area contributed by atoms with E-state index in [-0.39, 0.29) is 0 Å². The van der Waals surface area contributed by atoms with Crippen LogP contribution in [-0.2, 0) is 0 Å². The van der Waals surface area contributed by atoms with Crippen molar-refractivity contribution >= 4 is 17.5 Å². The van der Waals surface area contributed by atoms with Crippen LogP contribution >= 0.6 is 11.8 Å². The summed E-state index contributed by atoms with van der Waals surface area (Å²) in [4.78, 5) is 5.58. The van der Waals surface area contributed by atoms with Gasteiger partial charge in [0.1, 0.15) is 0 Å². The van der Waals surface area contributed by atoms with Crippen LogP contribution in [0, 0.1) is 0 Å². The van der Waals surface area contributed by atoms with Crippen LogP contribution in [0.2, 0.25) is 0 Å². The summed E-state index contributed by atoms with van der Waals surface area (Å²) < 4.78 is 0. The fourth-order valence-electron chi connectivity index (χ4n) is 1.29. The molecule has 0 aromatic carbocycles. The first kappa shape index (κ1) is 9.59. The molecule has 1 heterocycles. The Balaban J connectivity index is 2.82. The van der Waals surface area contributed by atoms with Gasteiger partial charge >= 0.3 is 0 Å². The number of thioether (sulfide) groups is 1. The van der Waals surface area contributed by atoms with Gasteiger partial charge < -0.3 is 0 Å². The number of hydrogen-bond acceptors (Lipinski definition) is 2. The Kier molecular flexibility index (Phi) is 3.60. The minimum atomic E-state index is 1.14. The standard InChI is InChI=1S/C10H15NS/c1-4-5-8(2)10-9(11-3)6-7-12-10/h6-7H,4-5H2,1-3H3/b10-8-,11-9?. The van der Waals surface area contributed by atoms with Crippen LogP contribution < -0.4 is 0 Å². The fraction of sp³-hybridized carbons (Fsp3) is 0.500. The molecule has 0 atom stereocenters. The molecule has 0 aromatic heterocycles. The summed E-state index contributed by atoms with van der Waals surface area (Å²) in [6.45, 7) is 4.41. The maximum absolute atomic E-state index is 4.22. The maximum Gasteiger partial charge on any atom is 0.0714 e. The predicted molar refractivity (Wildman–Crippen MR) is 57.7 cm³/mol. The van der Waals surface area contributed by atoms with Gasteiger partial charge in [-0.1, -0.05) is 30.7 Å². The van der Waals surface area contributed by atoms with Crippen molar-refractivity contribution < 1.29 is 0 Å². The highest BCUT2D eigenvalue weighted by Gasteiger charge is 2.11. The molecule has 0 radical (unpaired) electrons. The van der Waals surface area contributed by atoms with Crippen LogP contribution in [0.3, 0.4) is 0 Å². The minimum Gasteiger partial charge on any atom is -0.287 e. The number of hydrogen-bond donors (Lipinski definition) is 0. The highest BCUT2D eigenvalue weighted by molar-refractivity contribution is 8.07. The van der Waals surface area contributed by atoms with Gasteiger partial charge in [0.15, 0.2) is 0 Å². The molecule has 0 aromatic rings. The predicted octanol–water partition coefficient (Wildman–Crippen LogP) is 3.39. The summed E-state index contributed by atoms with van der Waals surface area (Å²) in [5, 5.41) is 2.11. The Morgan fingerprint density at radius 1 is 1.58 bits per heavy atom. The molecule has 0 N–H and O–H groups in total. The molecule has 0 spiro atoms. The Morgan fingerprint density at radius 2 is 2.33 bits per heavy atom. The Bertz CT molecular complexity index is 249. The average Bonchev–Trinajstić information content (AvgIpc) is 2.51. The van der Waals surface area contributed by atoms with Crippen molar-refractivity contribution in [2.75, 3.05) is 7.05 Å². The van der Waals surface area contributed by atoms with Crippen LogP contribution in [0.1, 0.15) is 26.7 Å². The lowest BCUT2D eigenvalue weighted by Crippen LogP contribution is -1.94. The van der Waals surface area contributed by atoms with E-state index in [1.54, 1.807) is 11.8 Å². The van der Waals surface area contributed by atoms with Gasteiger partial charge in [-0.25, -0.2) is 0 Å². The van der Waals surface area contributed by atoms with Gasteiger partial charge in [0.2, 0.25) is 0 Å². The largest absolute Gasteiger partial charge is 0.287 e. The number of rotatable bonds is 2. The highest BCUT2D eigenvalue weighted by atomic mass is 32.2. The Labute approximate surface area is 78.7 Å². The molecule has 12 heavy (non-hydrogen) atoms. The first-order valence-electron chi connectivity index (χ1n) is 4.29. The van der Waals surface area contributed by atoms with Crippen molar-refractivity contribution in [2.45, 2.75) is 26.7 Å². The van der Waals surface area contributed by atoms with Crippen molar-refractivity contribution in [2.24, 2.45) is 4.99 Å². The molecule has 1 nitrogen and oxygen atoms in total. The first-order chi connectivity index (χ1) is 5.79. The normalized spacial score (nSPS) is 23.8. The van der Waals surface area contributed by atoms with Gasteiger partial charge in [-0.05, 0) is 24.8 Å². The van der Waals surface area contributed by atoms with E-state index in [0.29, 0.717) is 0 Å². The second kappa shape index (κ2) is 4.51. The van der Waals surface area contributed by atoms with E-state index < -0.39 is 0 Å². The van der Waals surface area contributed by atoms with E-state index in [1.165, 1.54) is 23.3 Å². The molecule has 0 amide bonds. The minimum absolute atomic E-state index is 1.14. The molecule has 1 aliphatic rings. The van der Waals surface area contributed by atoms with E-state index in [9.17, 15) is 0 Å². The third kappa shape index (κ3) is 2.01. The molecule has 2 heteroatoms. The molecule has 0 unspecified atom stereocenters. The SMILES string of the molecule is CCC/C(C)=C1\SC=CC1=NC. The zero-order valence-corrected chi connectivity index (χ0v) is 8.74. The molecule has 0 fully saturated rings.